The standard InChI is InChI=1S/C12H17N2O7PS/c1-6-10(15)9(7(3-13-6)4-21-22(17,18)19)11-14-8(5-23-11)12(16)20-2/h3,8,11,14-15H,4-5H2,1-2H3,(H2,17,18,19)/t8-,11-/m1/s1. The summed E-state index contributed by atoms with van der Waals surface area (Å²) >= 11 is 1.37. The van der Waals surface area contributed by atoms with Crippen molar-refractivity contribution in [2.75, 3.05) is 12.9 Å². The van der Waals surface area contributed by atoms with Crippen molar-refractivity contribution >= 4 is 25.6 Å². The first-order chi connectivity index (χ1) is 10.7. The molecule has 1 aliphatic rings. The van der Waals surface area contributed by atoms with Gasteiger partial charge in [0, 0.05) is 23.1 Å². The summed E-state index contributed by atoms with van der Waals surface area (Å²) < 4.78 is 20.0. The van der Waals surface area contributed by atoms with Crippen LogP contribution in [0.2, 0.25) is 0 Å². The van der Waals surface area contributed by atoms with E-state index in [9.17, 15) is 14.5 Å². The van der Waals surface area contributed by atoms with Crippen molar-refractivity contribution in [3.63, 3.8) is 0 Å². The molecule has 0 amide bonds. The molecule has 2 heterocycles. The highest BCUT2D eigenvalue weighted by atomic mass is 32.2. The average Bonchev–Trinajstić information content (AvgIpc) is 2.96. The number of thioether (sulfide) groups is 1. The zero-order valence-corrected chi connectivity index (χ0v) is 14.1. The van der Waals surface area contributed by atoms with E-state index < -0.39 is 31.8 Å². The second-order valence-corrected chi connectivity index (χ2v) is 7.23. The van der Waals surface area contributed by atoms with E-state index in [-0.39, 0.29) is 5.75 Å². The molecule has 11 heteroatoms. The first kappa shape index (κ1) is 18.2. The molecule has 2 rings (SSSR count). The number of carbonyl (C=O) groups excluding carboxylic acids is 1. The van der Waals surface area contributed by atoms with Gasteiger partial charge >= 0.3 is 13.8 Å². The maximum atomic E-state index is 11.6. The summed E-state index contributed by atoms with van der Waals surface area (Å²) in [5.41, 5.74) is 1.08. The fourth-order valence-electron chi connectivity index (χ4n) is 2.13. The predicted octanol–water partition coefficient (Wildman–Crippen LogP) is 0.582. The van der Waals surface area contributed by atoms with Gasteiger partial charge in [0.25, 0.3) is 0 Å². The number of nitrogens with one attached hydrogen (secondary N) is 1. The SMILES string of the molecule is COC(=O)[C@H]1CS[C@H](c2c(COP(=O)(O)O)cnc(C)c2O)N1. The van der Waals surface area contributed by atoms with Gasteiger partial charge in [-0.25, -0.2) is 4.57 Å². The summed E-state index contributed by atoms with van der Waals surface area (Å²) in [7, 11) is -3.37. The number of phosphoric acid groups is 1. The van der Waals surface area contributed by atoms with Gasteiger partial charge in [0.2, 0.25) is 0 Å². The van der Waals surface area contributed by atoms with Crippen LogP contribution in [0.25, 0.3) is 0 Å². The van der Waals surface area contributed by atoms with Crippen LogP contribution in [0.3, 0.4) is 0 Å². The highest BCUT2D eigenvalue weighted by Gasteiger charge is 2.34. The van der Waals surface area contributed by atoms with E-state index >= 15 is 0 Å². The Hall–Kier alpha value is -1.16. The molecule has 1 fully saturated rings. The lowest BCUT2D eigenvalue weighted by Gasteiger charge is -2.19. The Morgan fingerprint density at radius 1 is 1.57 bits per heavy atom. The van der Waals surface area contributed by atoms with Crippen LogP contribution in [-0.4, -0.2) is 44.8 Å². The number of methoxy groups -OCH3 is 1. The van der Waals surface area contributed by atoms with Crippen molar-refractivity contribution in [1.82, 2.24) is 10.3 Å². The smallest absolute Gasteiger partial charge is 0.469 e. The molecule has 0 aromatic carbocycles. The van der Waals surface area contributed by atoms with Gasteiger partial charge in [-0.1, -0.05) is 0 Å². The first-order valence-electron chi connectivity index (χ1n) is 6.56. The molecular weight excluding hydrogens is 347 g/mol. The van der Waals surface area contributed by atoms with Crippen molar-refractivity contribution < 1.29 is 33.5 Å². The molecule has 1 aliphatic heterocycles. The summed E-state index contributed by atoms with van der Waals surface area (Å²) in [5, 5.41) is 12.8. The number of hydrogen-bond donors (Lipinski definition) is 4. The average molecular weight is 364 g/mol. The molecule has 0 aliphatic carbocycles. The Morgan fingerprint density at radius 2 is 2.26 bits per heavy atom. The molecule has 128 valence electrons. The van der Waals surface area contributed by atoms with Gasteiger partial charge in [-0.3, -0.25) is 19.6 Å². The van der Waals surface area contributed by atoms with Gasteiger partial charge in [-0.15, -0.1) is 11.8 Å². The number of rotatable bonds is 5. The summed E-state index contributed by atoms with van der Waals surface area (Å²) in [6.07, 6.45) is 1.38. The number of aromatic nitrogens is 1. The number of pyridine rings is 1. The zero-order valence-electron chi connectivity index (χ0n) is 12.4. The number of nitrogens with zero attached hydrogens (tertiary/aromatic N) is 1. The fraction of sp³-hybridized carbons (Fsp3) is 0.500. The summed E-state index contributed by atoms with van der Waals surface area (Å²) in [6, 6.07) is -0.529. The third kappa shape index (κ3) is 4.43. The molecule has 0 spiro atoms. The van der Waals surface area contributed by atoms with Gasteiger partial charge < -0.3 is 19.6 Å². The Kier molecular flexibility index (Phi) is 5.66. The minimum atomic E-state index is -4.65. The van der Waals surface area contributed by atoms with E-state index in [2.05, 4.69) is 19.6 Å². The maximum Gasteiger partial charge on any atom is 0.469 e. The molecular formula is C12H17N2O7PS. The van der Waals surface area contributed by atoms with Crippen molar-refractivity contribution in [3.05, 3.63) is 23.0 Å². The van der Waals surface area contributed by atoms with Crippen LogP contribution in [-0.2, 0) is 25.2 Å². The molecule has 0 saturated carbocycles. The number of phosphoric ester groups is 1. The monoisotopic (exact) mass is 364 g/mol. The van der Waals surface area contributed by atoms with Crippen LogP contribution in [0, 0.1) is 6.92 Å². The lowest BCUT2D eigenvalue weighted by atomic mass is 10.1. The molecule has 1 aromatic rings. The molecule has 1 saturated heterocycles. The normalized spacial score (nSPS) is 21.4. The number of carbonyl (C=O) groups is 1. The lowest BCUT2D eigenvalue weighted by Crippen LogP contribution is -2.35. The Bertz CT molecular complexity index is 651. The maximum absolute atomic E-state index is 11.6. The van der Waals surface area contributed by atoms with E-state index in [0.717, 1.165) is 0 Å². The minimum absolute atomic E-state index is 0.104. The third-order valence-corrected chi connectivity index (χ3v) is 4.97. The fourth-order valence-corrected chi connectivity index (χ4v) is 3.74. The van der Waals surface area contributed by atoms with Gasteiger partial charge in [-0.05, 0) is 6.92 Å². The summed E-state index contributed by atoms with van der Waals surface area (Å²) in [6.45, 7) is 1.19. The first-order valence-corrected chi connectivity index (χ1v) is 9.13. The minimum Gasteiger partial charge on any atom is -0.506 e. The Labute approximate surface area is 136 Å². The summed E-state index contributed by atoms with van der Waals surface area (Å²) in [4.78, 5) is 33.2. The van der Waals surface area contributed by atoms with Crippen LogP contribution < -0.4 is 5.32 Å². The van der Waals surface area contributed by atoms with Crippen LogP contribution in [0.4, 0.5) is 0 Å². The molecule has 9 nitrogen and oxygen atoms in total. The van der Waals surface area contributed by atoms with Crippen LogP contribution in [0.1, 0.15) is 22.2 Å². The van der Waals surface area contributed by atoms with E-state index in [1.165, 1.54) is 25.1 Å². The van der Waals surface area contributed by atoms with Crippen LogP contribution >= 0.6 is 19.6 Å². The third-order valence-electron chi connectivity index (χ3n) is 3.28. The van der Waals surface area contributed by atoms with E-state index in [1.54, 1.807) is 6.92 Å². The molecule has 0 unspecified atom stereocenters. The lowest BCUT2D eigenvalue weighted by molar-refractivity contribution is -0.142. The highest BCUT2D eigenvalue weighted by molar-refractivity contribution is 7.99. The molecule has 0 bridgehead atoms. The highest BCUT2D eigenvalue weighted by Crippen LogP contribution is 2.43. The van der Waals surface area contributed by atoms with E-state index in [4.69, 9.17) is 9.79 Å². The van der Waals surface area contributed by atoms with Crippen molar-refractivity contribution in [2.24, 2.45) is 0 Å². The van der Waals surface area contributed by atoms with E-state index in [0.29, 0.717) is 22.6 Å². The van der Waals surface area contributed by atoms with Crippen molar-refractivity contribution in [1.29, 1.82) is 0 Å². The molecule has 0 radical (unpaired) electrons. The number of aromatic hydroxyl groups is 1. The van der Waals surface area contributed by atoms with Gasteiger partial charge in [-0.2, -0.15) is 0 Å². The van der Waals surface area contributed by atoms with E-state index in [1.807, 2.05) is 0 Å². The second kappa shape index (κ2) is 7.16. The van der Waals surface area contributed by atoms with Gasteiger partial charge in [0.15, 0.2) is 0 Å². The van der Waals surface area contributed by atoms with Crippen molar-refractivity contribution in [3.8, 4) is 5.75 Å². The number of ether oxygens (including phenoxy) is 1. The molecule has 4 N–H and O–H groups in total. The second-order valence-electron chi connectivity index (χ2n) is 4.85. The number of aryl methyl sites for hydroxylation is 1. The van der Waals surface area contributed by atoms with Crippen LogP contribution in [0.5, 0.6) is 5.75 Å². The largest absolute Gasteiger partial charge is 0.506 e. The Balaban J connectivity index is 2.28. The van der Waals surface area contributed by atoms with Crippen molar-refractivity contribution in [2.45, 2.75) is 24.9 Å². The quantitative estimate of drug-likeness (QED) is 0.433. The predicted molar refractivity (Wildman–Crippen MR) is 81.6 cm³/mol. The topological polar surface area (TPSA) is 138 Å². The zero-order chi connectivity index (χ0) is 17.2. The van der Waals surface area contributed by atoms with Crippen LogP contribution in [0.15, 0.2) is 6.20 Å². The van der Waals surface area contributed by atoms with Gasteiger partial charge in [0.05, 0.1) is 24.8 Å². The van der Waals surface area contributed by atoms with Gasteiger partial charge in [0.1, 0.15) is 11.8 Å². The molecule has 23 heavy (non-hydrogen) atoms. The molecule has 2 atom stereocenters. The summed E-state index contributed by atoms with van der Waals surface area (Å²) in [5.74, 6) is -0.0812. The number of esters is 1. The number of hydrogen-bond acceptors (Lipinski definition) is 8. The Morgan fingerprint density at radius 3 is 2.87 bits per heavy atom. The molecule has 1 aromatic heterocycles.